The van der Waals surface area contributed by atoms with Gasteiger partial charge in [-0.15, -0.1) is 0 Å². The number of nitrogens with one attached hydrogen (secondary N) is 1. The Kier molecular flexibility index (Phi) is 4.19. The van der Waals surface area contributed by atoms with Crippen LogP contribution >= 0.6 is 0 Å². The molecule has 2 saturated heterocycles. The lowest BCUT2D eigenvalue weighted by Crippen LogP contribution is -2.63. The van der Waals surface area contributed by atoms with Crippen molar-refractivity contribution < 1.29 is 4.74 Å². The maximum absolute atomic E-state index is 5.98. The molecule has 0 saturated carbocycles. The molecule has 2 rings (SSSR count). The van der Waals surface area contributed by atoms with Crippen LogP contribution < -0.4 is 5.32 Å². The minimum atomic E-state index is 0.238. The highest BCUT2D eigenvalue weighted by atomic mass is 16.5. The first kappa shape index (κ1) is 13.0. The van der Waals surface area contributed by atoms with Gasteiger partial charge < -0.3 is 10.1 Å². The summed E-state index contributed by atoms with van der Waals surface area (Å²) >= 11 is 0. The first-order chi connectivity index (χ1) is 7.02. The van der Waals surface area contributed by atoms with E-state index in [4.69, 9.17) is 4.74 Å². The van der Waals surface area contributed by atoms with Crippen LogP contribution in [0.5, 0.6) is 0 Å². The summed E-state index contributed by atoms with van der Waals surface area (Å²) in [6.45, 7) is 14.1. The Bertz CT molecular complexity index is 181. The van der Waals surface area contributed by atoms with Crippen LogP contribution in [-0.4, -0.2) is 25.3 Å². The smallest absolute Gasteiger partial charge is 0.0930 e. The number of hydrogen-bond donors (Lipinski definition) is 1. The summed E-state index contributed by atoms with van der Waals surface area (Å²) in [5.41, 5.74) is 0.653. The van der Waals surface area contributed by atoms with E-state index in [1.807, 2.05) is 13.8 Å². The summed E-state index contributed by atoms with van der Waals surface area (Å²) in [5, 5.41) is 3.30. The molecule has 2 heterocycles. The summed E-state index contributed by atoms with van der Waals surface area (Å²) in [7, 11) is 0. The topological polar surface area (TPSA) is 21.3 Å². The van der Waals surface area contributed by atoms with E-state index in [2.05, 4.69) is 26.1 Å². The Morgan fingerprint density at radius 2 is 1.80 bits per heavy atom. The number of hydrogen-bond acceptors (Lipinski definition) is 2. The molecule has 2 nitrogen and oxygen atoms in total. The van der Waals surface area contributed by atoms with Crippen LogP contribution in [0.15, 0.2) is 0 Å². The summed E-state index contributed by atoms with van der Waals surface area (Å²) in [4.78, 5) is 0. The standard InChI is InChI=1S/C11H21NO.C2H6/c1-10(2,3)9-4-5-11(13-6-9)7-12-8-11;1-2/h9,12H,4-8H2,1-3H3;1-2H3. The van der Waals surface area contributed by atoms with Crippen LogP contribution in [0.2, 0.25) is 0 Å². The van der Waals surface area contributed by atoms with Gasteiger partial charge in [-0.1, -0.05) is 34.6 Å². The lowest BCUT2D eigenvalue weighted by molar-refractivity contribution is -0.143. The second kappa shape index (κ2) is 4.84. The average molecular weight is 213 g/mol. The molecule has 2 fully saturated rings. The van der Waals surface area contributed by atoms with Crippen LogP contribution in [-0.2, 0) is 4.74 Å². The van der Waals surface area contributed by atoms with Crippen LogP contribution in [0.1, 0.15) is 47.5 Å². The van der Waals surface area contributed by atoms with Crippen LogP contribution in [0.3, 0.4) is 0 Å². The van der Waals surface area contributed by atoms with Gasteiger partial charge in [-0.25, -0.2) is 0 Å². The van der Waals surface area contributed by atoms with Gasteiger partial charge in [0.1, 0.15) is 0 Å². The van der Waals surface area contributed by atoms with Gasteiger partial charge in [0.05, 0.1) is 12.2 Å². The molecular formula is C13H27NO. The van der Waals surface area contributed by atoms with Crippen molar-refractivity contribution in [2.45, 2.75) is 53.1 Å². The SMILES string of the molecule is CC.CC(C)(C)C1CCC2(CNC2)OC1. The Balaban J connectivity index is 0.000000531. The van der Waals surface area contributed by atoms with Gasteiger partial charge in [-0.2, -0.15) is 0 Å². The quantitative estimate of drug-likeness (QED) is 0.668. The Morgan fingerprint density at radius 3 is 2.07 bits per heavy atom. The molecule has 2 aliphatic rings. The molecule has 0 radical (unpaired) electrons. The van der Waals surface area contributed by atoms with Crippen LogP contribution in [0.25, 0.3) is 0 Å². The van der Waals surface area contributed by atoms with Gasteiger partial charge >= 0.3 is 0 Å². The van der Waals surface area contributed by atoms with Crippen molar-refractivity contribution >= 4 is 0 Å². The first-order valence-corrected chi connectivity index (χ1v) is 6.37. The van der Waals surface area contributed by atoms with E-state index in [-0.39, 0.29) is 5.60 Å². The monoisotopic (exact) mass is 213 g/mol. The van der Waals surface area contributed by atoms with E-state index in [1.54, 1.807) is 0 Å². The molecule has 1 unspecified atom stereocenters. The molecule has 0 amide bonds. The predicted octanol–water partition coefficient (Wildman–Crippen LogP) is 2.83. The zero-order chi connectivity index (χ0) is 11.5. The maximum Gasteiger partial charge on any atom is 0.0930 e. The van der Waals surface area contributed by atoms with E-state index in [1.165, 1.54) is 12.8 Å². The van der Waals surface area contributed by atoms with Gasteiger partial charge in [0.25, 0.3) is 0 Å². The van der Waals surface area contributed by atoms with Crippen molar-refractivity contribution in [3.63, 3.8) is 0 Å². The van der Waals surface area contributed by atoms with Gasteiger partial charge in [0.15, 0.2) is 0 Å². The Hall–Kier alpha value is -0.0800. The zero-order valence-corrected chi connectivity index (χ0v) is 11.0. The van der Waals surface area contributed by atoms with Crippen molar-refractivity contribution in [2.24, 2.45) is 11.3 Å². The average Bonchev–Trinajstić information content (AvgIpc) is 2.17. The van der Waals surface area contributed by atoms with E-state index in [0.717, 1.165) is 25.6 Å². The summed E-state index contributed by atoms with van der Waals surface area (Å²) in [5.74, 6) is 0.749. The first-order valence-electron chi connectivity index (χ1n) is 6.37. The lowest BCUT2D eigenvalue weighted by Gasteiger charge is -2.49. The molecule has 2 aliphatic heterocycles. The third-order valence-corrected chi connectivity index (χ3v) is 3.66. The molecule has 0 bridgehead atoms. The fraction of sp³-hybridized carbons (Fsp3) is 1.00. The lowest BCUT2D eigenvalue weighted by atomic mass is 9.74. The van der Waals surface area contributed by atoms with Crippen molar-refractivity contribution in [3.8, 4) is 0 Å². The summed E-state index contributed by atoms with van der Waals surface area (Å²) in [6, 6.07) is 0. The van der Waals surface area contributed by atoms with Crippen molar-refractivity contribution in [3.05, 3.63) is 0 Å². The largest absolute Gasteiger partial charge is 0.372 e. The molecule has 1 spiro atoms. The highest BCUT2D eigenvalue weighted by molar-refractivity contribution is 4.98. The minimum Gasteiger partial charge on any atom is -0.372 e. The van der Waals surface area contributed by atoms with E-state index in [9.17, 15) is 0 Å². The zero-order valence-electron chi connectivity index (χ0n) is 11.0. The van der Waals surface area contributed by atoms with E-state index < -0.39 is 0 Å². The third kappa shape index (κ3) is 2.94. The van der Waals surface area contributed by atoms with Crippen molar-refractivity contribution in [2.75, 3.05) is 19.7 Å². The summed E-state index contributed by atoms with van der Waals surface area (Å²) < 4.78 is 5.98. The fourth-order valence-corrected chi connectivity index (χ4v) is 2.24. The molecule has 1 N–H and O–H groups in total. The van der Waals surface area contributed by atoms with E-state index in [0.29, 0.717) is 5.41 Å². The fourth-order valence-electron chi connectivity index (χ4n) is 2.24. The number of rotatable bonds is 0. The molecule has 90 valence electrons. The Morgan fingerprint density at radius 1 is 1.20 bits per heavy atom. The molecular weight excluding hydrogens is 186 g/mol. The van der Waals surface area contributed by atoms with Gasteiger partial charge in [0, 0.05) is 13.1 Å². The van der Waals surface area contributed by atoms with E-state index >= 15 is 0 Å². The predicted molar refractivity (Wildman–Crippen MR) is 65.1 cm³/mol. The van der Waals surface area contributed by atoms with Crippen LogP contribution in [0.4, 0.5) is 0 Å². The molecule has 15 heavy (non-hydrogen) atoms. The van der Waals surface area contributed by atoms with Gasteiger partial charge in [0.2, 0.25) is 0 Å². The Labute approximate surface area is 94.8 Å². The molecule has 2 heteroatoms. The van der Waals surface area contributed by atoms with Crippen LogP contribution in [0, 0.1) is 11.3 Å². The third-order valence-electron chi connectivity index (χ3n) is 3.66. The minimum absolute atomic E-state index is 0.238. The summed E-state index contributed by atoms with van der Waals surface area (Å²) in [6.07, 6.45) is 2.59. The molecule has 0 aromatic carbocycles. The highest BCUT2D eigenvalue weighted by Crippen LogP contribution is 2.38. The second-order valence-electron chi connectivity index (χ2n) is 5.70. The van der Waals surface area contributed by atoms with Crippen molar-refractivity contribution in [1.29, 1.82) is 0 Å². The highest BCUT2D eigenvalue weighted by Gasteiger charge is 2.43. The molecule has 0 aliphatic carbocycles. The van der Waals surface area contributed by atoms with Gasteiger partial charge in [-0.05, 0) is 24.2 Å². The van der Waals surface area contributed by atoms with Crippen molar-refractivity contribution in [1.82, 2.24) is 5.32 Å². The second-order valence-corrected chi connectivity index (χ2v) is 5.70. The molecule has 0 aromatic rings. The molecule has 1 atom stereocenters. The normalized spacial score (nSPS) is 29.0. The maximum atomic E-state index is 5.98. The number of ether oxygens (including phenoxy) is 1. The molecule has 0 aromatic heterocycles. The van der Waals surface area contributed by atoms with Gasteiger partial charge in [-0.3, -0.25) is 0 Å².